The van der Waals surface area contributed by atoms with Crippen molar-refractivity contribution >= 4 is 0 Å². The number of hydrogen-bond donors (Lipinski definition) is 1. The largest absolute Gasteiger partial charge is 0.325 e. The Kier molecular flexibility index (Phi) is 5.00. The molecule has 2 nitrogen and oxygen atoms in total. The number of nitrogens with zero attached hydrogens (tertiary/aromatic N) is 1. The van der Waals surface area contributed by atoms with Crippen LogP contribution in [0.15, 0.2) is 30.3 Å². The molecule has 1 aliphatic heterocycles. The van der Waals surface area contributed by atoms with E-state index in [1.807, 2.05) is 0 Å². The lowest BCUT2D eigenvalue weighted by Gasteiger charge is -2.42. The number of nitrogens with two attached hydrogens (primary N) is 1. The summed E-state index contributed by atoms with van der Waals surface area (Å²) in [7, 11) is 0. The second-order valence-electron chi connectivity index (χ2n) is 6.03. The third-order valence-corrected chi connectivity index (χ3v) is 4.65. The van der Waals surface area contributed by atoms with Crippen molar-refractivity contribution < 1.29 is 0 Å². The van der Waals surface area contributed by atoms with E-state index in [0.717, 1.165) is 38.4 Å². The molecule has 1 fully saturated rings. The minimum Gasteiger partial charge on any atom is -0.325 e. The molecule has 1 aromatic rings. The zero-order valence-electron chi connectivity index (χ0n) is 12.4. The van der Waals surface area contributed by atoms with Gasteiger partial charge in [-0.05, 0) is 37.7 Å². The first-order valence-electron chi connectivity index (χ1n) is 7.73. The average Bonchev–Trinajstić information content (AvgIpc) is 2.43. The topological polar surface area (TPSA) is 29.3 Å². The third kappa shape index (κ3) is 3.80. The van der Waals surface area contributed by atoms with Gasteiger partial charge in [0.1, 0.15) is 0 Å². The maximum absolute atomic E-state index is 6.61. The first kappa shape index (κ1) is 14.5. The molecule has 106 valence electrons. The predicted octanol–water partition coefficient (Wildman–Crippen LogP) is 3.21. The zero-order chi connectivity index (χ0) is 13.7. The van der Waals surface area contributed by atoms with Gasteiger partial charge in [0.25, 0.3) is 0 Å². The van der Waals surface area contributed by atoms with E-state index in [1.165, 1.54) is 18.4 Å². The molecule has 0 saturated carbocycles. The van der Waals surface area contributed by atoms with Crippen LogP contribution in [0.2, 0.25) is 0 Å². The lowest BCUT2D eigenvalue weighted by atomic mass is 9.82. The van der Waals surface area contributed by atoms with Gasteiger partial charge in [-0.3, -0.25) is 0 Å². The third-order valence-electron chi connectivity index (χ3n) is 4.65. The summed E-state index contributed by atoms with van der Waals surface area (Å²) in [5.41, 5.74) is 7.99. The summed E-state index contributed by atoms with van der Waals surface area (Å²) in [6.07, 6.45) is 5.78. The highest BCUT2D eigenvalue weighted by atomic mass is 15.2. The number of likely N-dealkylation sites (tertiary alicyclic amines) is 1. The van der Waals surface area contributed by atoms with Crippen LogP contribution in [0.25, 0.3) is 0 Å². The number of hydrogen-bond acceptors (Lipinski definition) is 2. The Morgan fingerprint density at radius 3 is 2.21 bits per heavy atom. The van der Waals surface area contributed by atoms with Gasteiger partial charge >= 0.3 is 0 Å². The van der Waals surface area contributed by atoms with Crippen LogP contribution in [0.4, 0.5) is 0 Å². The summed E-state index contributed by atoms with van der Waals surface area (Å²) >= 11 is 0. The zero-order valence-corrected chi connectivity index (χ0v) is 12.4. The fraction of sp³-hybridized carbons (Fsp3) is 0.647. The lowest BCUT2D eigenvalue weighted by Crippen LogP contribution is -2.53. The molecule has 2 N–H and O–H groups in total. The van der Waals surface area contributed by atoms with Gasteiger partial charge in [0.05, 0.1) is 0 Å². The highest BCUT2D eigenvalue weighted by Crippen LogP contribution is 2.26. The van der Waals surface area contributed by atoms with E-state index in [9.17, 15) is 0 Å². The molecule has 0 aromatic heterocycles. The van der Waals surface area contributed by atoms with Crippen molar-refractivity contribution in [2.24, 2.45) is 5.73 Å². The van der Waals surface area contributed by atoms with Gasteiger partial charge in [-0.1, -0.05) is 44.2 Å². The standard InChI is InChI=1S/C17H28N2/c1-3-16(4-2)19-12-10-17(18,11-13-19)14-15-8-6-5-7-9-15/h5-9,16H,3-4,10-14,18H2,1-2H3. The van der Waals surface area contributed by atoms with Crippen molar-refractivity contribution in [3.05, 3.63) is 35.9 Å². The second kappa shape index (κ2) is 6.53. The average molecular weight is 260 g/mol. The van der Waals surface area contributed by atoms with Crippen LogP contribution in [-0.2, 0) is 6.42 Å². The van der Waals surface area contributed by atoms with Gasteiger partial charge in [0, 0.05) is 24.7 Å². The van der Waals surface area contributed by atoms with Crippen LogP contribution in [0.5, 0.6) is 0 Å². The molecule has 1 aliphatic rings. The minimum atomic E-state index is 0.00386. The Morgan fingerprint density at radius 2 is 1.68 bits per heavy atom. The second-order valence-corrected chi connectivity index (χ2v) is 6.03. The van der Waals surface area contributed by atoms with E-state index < -0.39 is 0 Å². The monoisotopic (exact) mass is 260 g/mol. The highest BCUT2D eigenvalue weighted by molar-refractivity contribution is 5.18. The van der Waals surface area contributed by atoms with Crippen LogP contribution in [0.1, 0.15) is 45.1 Å². The fourth-order valence-corrected chi connectivity index (χ4v) is 3.32. The molecule has 2 rings (SSSR count). The Labute approximate surface area is 118 Å². The molecule has 0 bridgehead atoms. The summed E-state index contributed by atoms with van der Waals surface area (Å²) in [5.74, 6) is 0. The summed E-state index contributed by atoms with van der Waals surface area (Å²) in [5, 5.41) is 0. The van der Waals surface area contributed by atoms with Gasteiger partial charge in [0.2, 0.25) is 0 Å². The summed E-state index contributed by atoms with van der Waals surface area (Å²) in [6.45, 7) is 6.91. The van der Waals surface area contributed by atoms with E-state index in [-0.39, 0.29) is 5.54 Å². The Hall–Kier alpha value is -0.860. The highest BCUT2D eigenvalue weighted by Gasteiger charge is 2.32. The number of rotatable bonds is 5. The van der Waals surface area contributed by atoms with Crippen LogP contribution < -0.4 is 5.73 Å². The first-order chi connectivity index (χ1) is 9.17. The molecule has 0 amide bonds. The lowest BCUT2D eigenvalue weighted by molar-refractivity contribution is 0.111. The molecule has 0 atom stereocenters. The number of piperidine rings is 1. The van der Waals surface area contributed by atoms with Gasteiger partial charge in [-0.25, -0.2) is 0 Å². The van der Waals surface area contributed by atoms with Gasteiger partial charge in [-0.15, -0.1) is 0 Å². The van der Waals surface area contributed by atoms with Crippen LogP contribution >= 0.6 is 0 Å². The molecule has 2 heteroatoms. The van der Waals surface area contributed by atoms with Crippen LogP contribution in [-0.4, -0.2) is 29.6 Å². The quantitative estimate of drug-likeness (QED) is 0.881. The molecule has 1 aromatic carbocycles. The molecular formula is C17H28N2. The van der Waals surface area contributed by atoms with E-state index in [4.69, 9.17) is 5.73 Å². The molecule has 0 radical (unpaired) electrons. The van der Waals surface area contributed by atoms with E-state index in [0.29, 0.717) is 0 Å². The maximum Gasteiger partial charge on any atom is 0.0219 e. The van der Waals surface area contributed by atoms with E-state index in [1.54, 1.807) is 0 Å². The summed E-state index contributed by atoms with van der Waals surface area (Å²) < 4.78 is 0. The van der Waals surface area contributed by atoms with E-state index >= 15 is 0 Å². The first-order valence-corrected chi connectivity index (χ1v) is 7.73. The van der Waals surface area contributed by atoms with Crippen molar-refractivity contribution in [3.8, 4) is 0 Å². The maximum atomic E-state index is 6.61. The minimum absolute atomic E-state index is 0.00386. The molecular weight excluding hydrogens is 232 g/mol. The predicted molar refractivity (Wildman–Crippen MR) is 82.2 cm³/mol. The fourth-order valence-electron chi connectivity index (χ4n) is 3.32. The van der Waals surface area contributed by atoms with Crippen molar-refractivity contribution in [1.29, 1.82) is 0 Å². The van der Waals surface area contributed by atoms with Crippen molar-refractivity contribution in [3.63, 3.8) is 0 Å². The van der Waals surface area contributed by atoms with Crippen molar-refractivity contribution in [2.75, 3.05) is 13.1 Å². The molecule has 0 spiro atoms. The SMILES string of the molecule is CCC(CC)N1CCC(N)(Cc2ccccc2)CC1. The Morgan fingerprint density at radius 1 is 1.11 bits per heavy atom. The Bertz CT molecular complexity index is 362. The summed E-state index contributed by atoms with van der Waals surface area (Å²) in [4.78, 5) is 2.64. The molecule has 0 aliphatic carbocycles. The normalized spacial score (nSPS) is 19.8. The molecule has 1 saturated heterocycles. The van der Waals surface area contributed by atoms with Crippen molar-refractivity contribution in [2.45, 2.75) is 57.5 Å². The molecule has 0 unspecified atom stereocenters. The van der Waals surface area contributed by atoms with Gasteiger partial charge in [-0.2, -0.15) is 0 Å². The van der Waals surface area contributed by atoms with Gasteiger partial charge in [0.15, 0.2) is 0 Å². The van der Waals surface area contributed by atoms with E-state index in [2.05, 4.69) is 49.1 Å². The smallest absolute Gasteiger partial charge is 0.0219 e. The van der Waals surface area contributed by atoms with Crippen molar-refractivity contribution in [1.82, 2.24) is 4.90 Å². The van der Waals surface area contributed by atoms with Gasteiger partial charge < -0.3 is 10.6 Å². The molecule has 19 heavy (non-hydrogen) atoms. The molecule has 1 heterocycles. The van der Waals surface area contributed by atoms with Crippen LogP contribution in [0.3, 0.4) is 0 Å². The Balaban J connectivity index is 1.91. The summed E-state index contributed by atoms with van der Waals surface area (Å²) in [6, 6.07) is 11.4. The van der Waals surface area contributed by atoms with Crippen LogP contribution in [0, 0.1) is 0 Å². The number of benzene rings is 1.